The molecule has 0 radical (unpaired) electrons. The van der Waals surface area contributed by atoms with Crippen molar-refractivity contribution in [1.82, 2.24) is 0 Å². The van der Waals surface area contributed by atoms with Gasteiger partial charge in [-0.1, -0.05) is 103 Å². The molecule has 0 fully saturated rings. The number of carbonyl (C=O) groups excluding carboxylic acids is 1. The summed E-state index contributed by atoms with van der Waals surface area (Å²) in [7, 11) is 0. The van der Waals surface area contributed by atoms with Gasteiger partial charge in [0.15, 0.2) is 5.69 Å². The third-order valence-electron chi connectivity index (χ3n) is 8.10. The first-order valence-electron chi connectivity index (χ1n) is 17.3. The van der Waals surface area contributed by atoms with E-state index in [9.17, 15) is 19.7 Å². The molecule has 0 spiro atoms. The van der Waals surface area contributed by atoms with Crippen LogP contribution >= 0.6 is 0 Å². The fourth-order valence-corrected chi connectivity index (χ4v) is 5.32. The molecule has 0 aliphatic carbocycles. The van der Waals surface area contributed by atoms with Crippen LogP contribution in [0.3, 0.4) is 0 Å². The van der Waals surface area contributed by atoms with Crippen LogP contribution in [0.1, 0.15) is 133 Å². The van der Waals surface area contributed by atoms with E-state index in [1.165, 1.54) is 102 Å². The lowest BCUT2D eigenvalue weighted by Gasteiger charge is -2.22. The second kappa shape index (κ2) is 23.5. The molecule has 2 aromatic rings. The van der Waals surface area contributed by atoms with Crippen molar-refractivity contribution in [3.05, 3.63) is 58.1 Å². The molecule has 0 unspecified atom stereocenters. The number of ether oxygens (including phenoxy) is 1. The highest BCUT2D eigenvalue weighted by Gasteiger charge is 2.18. The molecular weight excluding hydrogens is 584 g/mol. The highest BCUT2D eigenvalue weighted by molar-refractivity contribution is 5.91. The lowest BCUT2D eigenvalue weighted by Crippen LogP contribution is -2.25. The first-order chi connectivity index (χ1) is 22.3. The van der Waals surface area contributed by atoms with Gasteiger partial charge in [-0.3, -0.25) is 14.9 Å². The molecule has 0 atom stereocenters. The predicted molar refractivity (Wildman–Crippen MR) is 184 cm³/mol. The summed E-state index contributed by atoms with van der Waals surface area (Å²) in [6.07, 6.45) is 20.3. The highest BCUT2D eigenvalue weighted by Crippen LogP contribution is 2.31. The number of carboxylic acids is 1. The van der Waals surface area contributed by atoms with E-state index in [1.54, 1.807) is 24.3 Å². The Bertz CT molecular complexity index is 1200. The maximum absolute atomic E-state index is 12.5. The lowest BCUT2D eigenvalue weighted by atomic mass is 10.0. The third-order valence-corrected chi connectivity index (χ3v) is 8.10. The van der Waals surface area contributed by atoms with Crippen LogP contribution in [0.15, 0.2) is 52.7 Å². The molecule has 0 amide bonds. The summed E-state index contributed by atoms with van der Waals surface area (Å²) in [4.78, 5) is 36.5. The van der Waals surface area contributed by atoms with Crippen molar-refractivity contribution < 1.29 is 24.4 Å². The van der Waals surface area contributed by atoms with E-state index in [-0.39, 0.29) is 30.0 Å². The topological polar surface area (TPSA) is 135 Å². The van der Waals surface area contributed by atoms with Gasteiger partial charge in [0.05, 0.1) is 29.2 Å². The van der Waals surface area contributed by atoms with Crippen molar-refractivity contribution in [2.45, 2.75) is 123 Å². The molecule has 0 bridgehead atoms. The number of aliphatic carboxylic acids is 1. The summed E-state index contributed by atoms with van der Waals surface area (Å²) in [6.45, 7) is 5.51. The number of nitrogens with zero attached hydrogens (tertiary/aromatic N) is 4. The molecule has 0 saturated carbocycles. The summed E-state index contributed by atoms with van der Waals surface area (Å²) in [5, 5.41) is 28.8. The fraction of sp³-hybridized carbons (Fsp3) is 0.611. The smallest absolute Gasteiger partial charge is 0.338 e. The normalized spacial score (nSPS) is 11.2. The molecule has 1 N–H and O–H groups in total. The van der Waals surface area contributed by atoms with Crippen LogP contribution in [-0.2, 0) is 9.53 Å². The van der Waals surface area contributed by atoms with Gasteiger partial charge in [-0.15, -0.1) is 5.11 Å². The minimum absolute atomic E-state index is 0.0278. The second-order valence-corrected chi connectivity index (χ2v) is 11.8. The molecule has 46 heavy (non-hydrogen) atoms. The number of azo groups is 1. The molecule has 2 aromatic carbocycles. The third kappa shape index (κ3) is 16.0. The number of hydrogen-bond acceptors (Lipinski definition) is 8. The van der Waals surface area contributed by atoms with Crippen molar-refractivity contribution in [2.75, 3.05) is 24.6 Å². The molecule has 0 heterocycles. The Hall–Kier alpha value is -3.82. The van der Waals surface area contributed by atoms with Crippen LogP contribution < -0.4 is 4.90 Å². The summed E-state index contributed by atoms with van der Waals surface area (Å²) in [6, 6.07) is 11.0. The first-order valence-corrected chi connectivity index (χ1v) is 17.3. The van der Waals surface area contributed by atoms with E-state index < -0.39 is 16.9 Å². The fourth-order valence-electron chi connectivity index (χ4n) is 5.32. The van der Waals surface area contributed by atoms with Gasteiger partial charge in [0, 0.05) is 24.8 Å². The number of carbonyl (C=O) groups is 2. The highest BCUT2D eigenvalue weighted by atomic mass is 16.6. The van der Waals surface area contributed by atoms with Crippen molar-refractivity contribution in [3.63, 3.8) is 0 Å². The number of nitro benzene ring substituents is 1. The van der Waals surface area contributed by atoms with Gasteiger partial charge in [0.2, 0.25) is 0 Å². The average Bonchev–Trinajstić information content (AvgIpc) is 3.05. The van der Waals surface area contributed by atoms with Gasteiger partial charge in [-0.2, -0.15) is 5.11 Å². The number of rotatable bonds is 26. The van der Waals surface area contributed by atoms with Gasteiger partial charge in [0.25, 0.3) is 5.69 Å². The van der Waals surface area contributed by atoms with Crippen molar-refractivity contribution in [2.24, 2.45) is 10.2 Å². The van der Waals surface area contributed by atoms with E-state index >= 15 is 0 Å². The minimum atomic E-state index is -0.861. The number of benzene rings is 2. The Morgan fingerprint density at radius 3 is 1.83 bits per heavy atom. The standard InChI is InChI=1S/C36H54N4O6/c1-3-5-6-7-8-9-10-11-12-13-14-15-16-17-18-19-28-46-36(43)30-20-25-33(34(29-30)40(44)45)38-37-31-21-23-32(24-22-31)39(4-2)27-26-35(41)42/h20-25,29H,3-19,26-28H2,1-2H3,(H,41,42)/b38-37+. The number of anilines is 1. The predicted octanol–water partition coefficient (Wildman–Crippen LogP) is 10.7. The number of nitro groups is 1. The number of esters is 1. The van der Waals surface area contributed by atoms with Crippen molar-refractivity contribution in [3.8, 4) is 0 Å². The van der Waals surface area contributed by atoms with E-state index in [1.807, 2.05) is 11.8 Å². The van der Waals surface area contributed by atoms with Crippen LogP contribution in [0.25, 0.3) is 0 Å². The zero-order valence-electron chi connectivity index (χ0n) is 28.0. The SMILES string of the molecule is CCCCCCCCCCCCCCCCCCOC(=O)c1ccc(/N=N/c2ccc(N(CC)CCC(=O)O)cc2)c([N+](=O)[O-])c1. The lowest BCUT2D eigenvalue weighted by molar-refractivity contribution is -0.384. The van der Waals surface area contributed by atoms with E-state index in [4.69, 9.17) is 9.84 Å². The number of carboxylic acid groups (broad SMARTS) is 1. The largest absolute Gasteiger partial charge is 0.481 e. The van der Waals surface area contributed by atoms with Crippen LogP contribution in [-0.4, -0.2) is 41.7 Å². The van der Waals surface area contributed by atoms with Gasteiger partial charge < -0.3 is 14.7 Å². The van der Waals surface area contributed by atoms with Crippen molar-refractivity contribution in [1.29, 1.82) is 0 Å². The summed E-state index contributed by atoms with van der Waals surface area (Å²) >= 11 is 0. The zero-order chi connectivity index (χ0) is 33.4. The minimum Gasteiger partial charge on any atom is -0.481 e. The van der Waals surface area contributed by atoms with Crippen molar-refractivity contribution >= 4 is 34.7 Å². The molecule has 254 valence electrons. The van der Waals surface area contributed by atoms with E-state index in [0.717, 1.165) is 24.9 Å². The van der Waals surface area contributed by atoms with Gasteiger partial charge >= 0.3 is 11.9 Å². The Labute approximate surface area is 274 Å². The van der Waals surface area contributed by atoms with Crippen LogP contribution in [0.4, 0.5) is 22.7 Å². The van der Waals surface area contributed by atoms with E-state index in [2.05, 4.69) is 17.2 Å². The molecule has 0 aliphatic rings. The Morgan fingerprint density at radius 2 is 1.33 bits per heavy atom. The van der Waals surface area contributed by atoms with E-state index in [0.29, 0.717) is 18.8 Å². The number of hydrogen-bond donors (Lipinski definition) is 1. The maximum Gasteiger partial charge on any atom is 0.338 e. The summed E-state index contributed by atoms with van der Waals surface area (Å²) in [5.74, 6) is -1.45. The Kier molecular flexibility index (Phi) is 19.6. The Balaban J connectivity index is 1.68. The second-order valence-electron chi connectivity index (χ2n) is 11.8. The number of unbranched alkanes of at least 4 members (excludes halogenated alkanes) is 15. The average molecular weight is 639 g/mol. The molecule has 2 rings (SSSR count). The molecule has 10 heteroatoms. The van der Waals surface area contributed by atoms with Crippen LogP contribution in [0, 0.1) is 10.1 Å². The monoisotopic (exact) mass is 638 g/mol. The molecule has 0 aromatic heterocycles. The molecule has 0 aliphatic heterocycles. The van der Waals surface area contributed by atoms with Gasteiger partial charge in [-0.25, -0.2) is 4.79 Å². The van der Waals surface area contributed by atoms with Gasteiger partial charge in [-0.05, 0) is 49.7 Å². The van der Waals surface area contributed by atoms with Crippen LogP contribution in [0.5, 0.6) is 0 Å². The molecular formula is C36H54N4O6. The summed E-state index contributed by atoms with van der Waals surface area (Å²) in [5.41, 5.74) is 1.13. The first kappa shape index (κ1) is 38.4. The van der Waals surface area contributed by atoms with Crippen LogP contribution in [0.2, 0.25) is 0 Å². The molecule has 10 nitrogen and oxygen atoms in total. The quantitative estimate of drug-likeness (QED) is 0.0356. The maximum atomic E-state index is 12.5. The van der Waals surface area contributed by atoms with Gasteiger partial charge in [0.1, 0.15) is 0 Å². The summed E-state index contributed by atoms with van der Waals surface area (Å²) < 4.78 is 5.37. The molecule has 0 saturated heterocycles. The zero-order valence-corrected chi connectivity index (χ0v) is 28.0. The Morgan fingerprint density at radius 1 is 0.783 bits per heavy atom.